The van der Waals surface area contributed by atoms with E-state index in [9.17, 15) is 14.4 Å². The van der Waals surface area contributed by atoms with E-state index < -0.39 is 6.10 Å². The van der Waals surface area contributed by atoms with Crippen LogP contribution in [0.3, 0.4) is 0 Å². The topological polar surface area (TPSA) is 78.9 Å². The Kier molecular flexibility index (Phi) is 63.7. The molecule has 452 valence electrons. The van der Waals surface area contributed by atoms with Crippen molar-refractivity contribution in [1.82, 2.24) is 0 Å². The Morgan fingerprint density at radius 3 is 0.872 bits per heavy atom. The molecule has 0 aromatic heterocycles. The Balaban J connectivity index is 4.14. The fourth-order valence-corrected chi connectivity index (χ4v) is 9.88. The first-order valence-corrected chi connectivity index (χ1v) is 33.9. The van der Waals surface area contributed by atoms with Crippen LogP contribution in [0.25, 0.3) is 0 Å². The maximum atomic E-state index is 12.9. The number of carbonyl (C=O) groups excluding carboxylic acids is 3. The lowest BCUT2D eigenvalue weighted by atomic mass is 10.0. The highest BCUT2D eigenvalue weighted by molar-refractivity contribution is 5.71. The van der Waals surface area contributed by atoms with E-state index in [1.54, 1.807) is 0 Å². The molecule has 0 aromatic rings. The van der Waals surface area contributed by atoms with E-state index in [1.807, 2.05) is 0 Å². The van der Waals surface area contributed by atoms with Gasteiger partial charge in [0.25, 0.3) is 0 Å². The Hall–Kier alpha value is -3.15. The molecular formula is C72H128O6. The highest BCUT2D eigenvalue weighted by Gasteiger charge is 2.19. The van der Waals surface area contributed by atoms with Crippen LogP contribution in [0.4, 0.5) is 0 Å². The van der Waals surface area contributed by atoms with Crippen molar-refractivity contribution in [2.75, 3.05) is 13.2 Å². The number of hydrogen-bond donors (Lipinski definition) is 0. The number of allylic oxidation sites excluding steroid dienone is 12. The Morgan fingerprint density at radius 1 is 0.269 bits per heavy atom. The molecule has 0 fully saturated rings. The third-order valence-corrected chi connectivity index (χ3v) is 14.9. The minimum Gasteiger partial charge on any atom is -0.462 e. The summed E-state index contributed by atoms with van der Waals surface area (Å²) in [5.41, 5.74) is 0. The predicted octanol–water partition coefficient (Wildman–Crippen LogP) is 23.3. The van der Waals surface area contributed by atoms with Gasteiger partial charge in [-0.2, -0.15) is 0 Å². The molecular weight excluding hydrogens is 961 g/mol. The molecule has 6 nitrogen and oxygen atoms in total. The third kappa shape index (κ3) is 63.7. The quantitative estimate of drug-likeness (QED) is 0.0261. The van der Waals surface area contributed by atoms with Gasteiger partial charge in [0, 0.05) is 19.3 Å². The first-order chi connectivity index (χ1) is 38.5. The smallest absolute Gasteiger partial charge is 0.306 e. The van der Waals surface area contributed by atoms with E-state index in [0.717, 1.165) is 89.9 Å². The van der Waals surface area contributed by atoms with Crippen LogP contribution in [0, 0.1) is 0 Å². The van der Waals surface area contributed by atoms with E-state index in [0.29, 0.717) is 19.3 Å². The molecule has 0 aliphatic carbocycles. The number of hydrogen-bond acceptors (Lipinski definition) is 6. The van der Waals surface area contributed by atoms with E-state index in [-0.39, 0.29) is 37.5 Å². The monoisotopic (exact) mass is 1090 g/mol. The Labute approximate surface area is 484 Å². The van der Waals surface area contributed by atoms with Gasteiger partial charge in [-0.15, -0.1) is 0 Å². The van der Waals surface area contributed by atoms with Gasteiger partial charge in [0.05, 0.1) is 0 Å². The Morgan fingerprint density at radius 2 is 0.526 bits per heavy atom. The predicted molar refractivity (Wildman–Crippen MR) is 339 cm³/mol. The molecule has 1 unspecified atom stereocenters. The van der Waals surface area contributed by atoms with Gasteiger partial charge in [0.2, 0.25) is 0 Å². The van der Waals surface area contributed by atoms with Gasteiger partial charge < -0.3 is 14.2 Å². The van der Waals surface area contributed by atoms with Crippen LogP contribution in [0.2, 0.25) is 0 Å². The summed E-state index contributed by atoms with van der Waals surface area (Å²) in [5, 5.41) is 0. The van der Waals surface area contributed by atoms with Crippen LogP contribution in [0.15, 0.2) is 72.9 Å². The van der Waals surface area contributed by atoms with Gasteiger partial charge in [-0.25, -0.2) is 0 Å². The molecule has 0 N–H and O–H groups in total. The summed E-state index contributed by atoms with van der Waals surface area (Å²) in [4.78, 5) is 38.2. The van der Waals surface area contributed by atoms with Crippen molar-refractivity contribution >= 4 is 17.9 Å². The summed E-state index contributed by atoms with van der Waals surface area (Å²) < 4.78 is 16.8. The molecule has 0 saturated heterocycles. The van der Waals surface area contributed by atoms with E-state index in [2.05, 4.69) is 93.7 Å². The zero-order valence-electron chi connectivity index (χ0n) is 51.9. The second kappa shape index (κ2) is 66.4. The second-order valence-electron chi connectivity index (χ2n) is 22.7. The van der Waals surface area contributed by atoms with Crippen molar-refractivity contribution in [1.29, 1.82) is 0 Å². The van der Waals surface area contributed by atoms with Crippen LogP contribution >= 0.6 is 0 Å². The van der Waals surface area contributed by atoms with Crippen LogP contribution in [-0.2, 0) is 28.6 Å². The van der Waals surface area contributed by atoms with Crippen molar-refractivity contribution in [2.24, 2.45) is 0 Å². The number of carbonyl (C=O) groups is 3. The SMILES string of the molecule is CC/C=C\C/C=C\C/C=C\C/C=C\C/C=C\CCCC(=O)OC(COC(=O)CCCCCCC/C=C\CCCC)COC(=O)CCCCCCCCCCCCCCCCCCCCCCCCCCCCCCCCCC. The molecule has 6 heteroatoms. The van der Waals surface area contributed by atoms with Crippen molar-refractivity contribution in [3.8, 4) is 0 Å². The molecule has 1 atom stereocenters. The minimum absolute atomic E-state index is 0.0981. The molecule has 0 aliphatic heterocycles. The van der Waals surface area contributed by atoms with E-state index in [4.69, 9.17) is 14.2 Å². The van der Waals surface area contributed by atoms with Gasteiger partial charge in [0.1, 0.15) is 13.2 Å². The Bertz CT molecular complexity index is 1440. The molecule has 0 spiro atoms. The molecule has 0 rings (SSSR count). The number of esters is 3. The maximum absolute atomic E-state index is 12.9. The zero-order chi connectivity index (χ0) is 56.4. The van der Waals surface area contributed by atoms with E-state index in [1.165, 1.54) is 212 Å². The molecule has 0 aliphatic rings. The fourth-order valence-electron chi connectivity index (χ4n) is 9.88. The molecule has 0 aromatic carbocycles. The molecule has 0 amide bonds. The van der Waals surface area contributed by atoms with E-state index >= 15 is 0 Å². The summed E-state index contributed by atoms with van der Waals surface area (Å²) >= 11 is 0. The van der Waals surface area contributed by atoms with Gasteiger partial charge >= 0.3 is 17.9 Å². The van der Waals surface area contributed by atoms with Crippen LogP contribution < -0.4 is 0 Å². The van der Waals surface area contributed by atoms with Crippen molar-refractivity contribution in [2.45, 2.75) is 354 Å². The maximum Gasteiger partial charge on any atom is 0.306 e. The molecule has 0 heterocycles. The zero-order valence-corrected chi connectivity index (χ0v) is 51.9. The van der Waals surface area contributed by atoms with Crippen molar-refractivity contribution < 1.29 is 28.6 Å². The lowest BCUT2D eigenvalue weighted by Gasteiger charge is -2.18. The van der Waals surface area contributed by atoms with Crippen molar-refractivity contribution in [3.63, 3.8) is 0 Å². The summed E-state index contributed by atoms with van der Waals surface area (Å²) in [6.07, 6.45) is 86.8. The fraction of sp³-hybridized carbons (Fsp3) is 0.792. The lowest BCUT2D eigenvalue weighted by Crippen LogP contribution is -2.30. The largest absolute Gasteiger partial charge is 0.462 e. The van der Waals surface area contributed by atoms with Gasteiger partial charge in [-0.1, -0.05) is 325 Å². The standard InChI is InChI=1S/C72H128O6/c1-4-7-10-13-16-19-22-24-26-28-29-30-31-32-33-34-35-36-37-38-39-40-41-42-44-45-47-50-53-56-59-62-65-71(74)77-68-69(67-76-70(73)64-61-58-55-52-49-21-18-15-12-9-6-3)78-72(75)66-63-60-57-54-51-48-46-43-27-25-23-20-17-14-11-8-5-2/h8,11,15,17-18,20,25,27,46,48,54,57,69H,4-7,9-10,12-14,16,19,21-24,26,28-45,47,49-53,55-56,58-68H2,1-3H3/b11-8-,18-15-,20-17-,27-25-,48-46-,57-54-. The van der Waals surface area contributed by atoms with Crippen LogP contribution in [0.5, 0.6) is 0 Å². The van der Waals surface area contributed by atoms with Crippen LogP contribution in [0.1, 0.15) is 348 Å². The first kappa shape index (κ1) is 74.8. The lowest BCUT2D eigenvalue weighted by molar-refractivity contribution is -0.167. The minimum atomic E-state index is -0.808. The first-order valence-electron chi connectivity index (χ1n) is 33.9. The van der Waals surface area contributed by atoms with Gasteiger partial charge in [0.15, 0.2) is 6.10 Å². The summed E-state index contributed by atoms with van der Waals surface area (Å²) in [6.45, 7) is 6.47. The highest BCUT2D eigenvalue weighted by Crippen LogP contribution is 2.18. The van der Waals surface area contributed by atoms with Gasteiger partial charge in [-0.3, -0.25) is 14.4 Å². The number of unbranched alkanes of at least 4 members (excludes halogenated alkanes) is 39. The molecule has 0 radical (unpaired) electrons. The molecule has 78 heavy (non-hydrogen) atoms. The second-order valence-corrected chi connectivity index (χ2v) is 22.7. The third-order valence-electron chi connectivity index (χ3n) is 14.9. The number of rotatable bonds is 62. The molecule has 0 saturated carbocycles. The average Bonchev–Trinajstić information content (AvgIpc) is 3.44. The summed E-state index contributed by atoms with van der Waals surface area (Å²) in [5.74, 6) is -0.954. The average molecular weight is 1090 g/mol. The molecule has 0 bridgehead atoms. The normalized spacial score (nSPS) is 12.5. The summed E-state index contributed by atoms with van der Waals surface area (Å²) in [7, 11) is 0. The summed E-state index contributed by atoms with van der Waals surface area (Å²) in [6, 6.07) is 0. The van der Waals surface area contributed by atoms with Crippen LogP contribution in [-0.4, -0.2) is 37.2 Å². The number of ether oxygens (including phenoxy) is 3. The van der Waals surface area contributed by atoms with Crippen molar-refractivity contribution in [3.05, 3.63) is 72.9 Å². The van der Waals surface area contributed by atoms with Gasteiger partial charge in [-0.05, 0) is 77.0 Å². The highest BCUT2D eigenvalue weighted by atomic mass is 16.6.